The van der Waals surface area contributed by atoms with E-state index >= 15 is 0 Å². The first kappa shape index (κ1) is 16.1. The van der Waals surface area contributed by atoms with Crippen LogP contribution in [0.1, 0.15) is 30.1 Å². The van der Waals surface area contributed by atoms with Crippen LogP contribution in [0.15, 0.2) is 29.8 Å². The first-order chi connectivity index (χ1) is 11.2. The minimum Gasteiger partial charge on any atom is -0.394 e. The maximum atomic E-state index is 12.2. The number of rotatable bonds is 5. The molecule has 2 unspecified atom stereocenters. The standard InChI is InChI=1S/C17H21N3O2S/c1-11-16(23-10-19-11)13-6-4-12(5-7-13)15(9-21)20-17(22)14-3-2-8-18-14/h4-7,10,14-15,18,21H,2-3,8-9H2,1H3,(H,20,22). The molecule has 1 saturated heterocycles. The van der Waals surface area contributed by atoms with E-state index in [1.54, 1.807) is 11.3 Å². The second kappa shape index (κ2) is 7.21. The van der Waals surface area contributed by atoms with Gasteiger partial charge in [0.2, 0.25) is 5.91 Å². The van der Waals surface area contributed by atoms with Gasteiger partial charge in [-0.2, -0.15) is 0 Å². The number of nitrogens with one attached hydrogen (secondary N) is 2. The van der Waals surface area contributed by atoms with Crippen molar-refractivity contribution >= 4 is 17.2 Å². The molecule has 0 saturated carbocycles. The Morgan fingerprint density at radius 2 is 2.26 bits per heavy atom. The number of benzene rings is 1. The average Bonchev–Trinajstić information content (AvgIpc) is 3.24. The molecule has 1 amide bonds. The first-order valence-corrected chi connectivity index (χ1v) is 8.72. The summed E-state index contributed by atoms with van der Waals surface area (Å²) in [5.74, 6) is -0.0380. The number of aryl methyl sites for hydroxylation is 1. The highest BCUT2D eigenvalue weighted by molar-refractivity contribution is 7.13. The van der Waals surface area contributed by atoms with Crippen LogP contribution in [-0.4, -0.2) is 35.2 Å². The summed E-state index contributed by atoms with van der Waals surface area (Å²) in [5.41, 5.74) is 4.87. The number of aliphatic hydroxyl groups is 1. The number of carbonyl (C=O) groups is 1. The van der Waals surface area contributed by atoms with Crippen LogP contribution in [0.4, 0.5) is 0 Å². The van der Waals surface area contributed by atoms with Gasteiger partial charge in [-0.3, -0.25) is 4.79 Å². The number of amides is 1. The zero-order chi connectivity index (χ0) is 16.2. The Morgan fingerprint density at radius 1 is 1.48 bits per heavy atom. The predicted octanol–water partition coefficient (Wildman–Crippen LogP) is 2.02. The van der Waals surface area contributed by atoms with E-state index in [1.165, 1.54) is 0 Å². The molecule has 1 aliphatic heterocycles. The van der Waals surface area contributed by atoms with Gasteiger partial charge in [0.25, 0.3) is 0 Å². The molecule has 6 heteroatoms. The van der Waals surface area contributed by atoms with Gasteiger partial charge >= 0.3 is 0 Å². The Kier molecular flexibility index (Phi) is 5.05. The van der Waals surface area contributed by atoms with Gasteiger partial charge < -0.3 is 15.7 Å². The van der Waals surface area contributed by atoms with Crippen molar-refractivity contribution in [1.29, 1.82) is 0 Å². The molecule has 1 aromatic heterocycles. The number of hydrogen-bond donors (Lipinski definition) is 3. The second-order valence-corrected chi connectivity index (χ2v) is 6.64. The number of aromatic nitrogens is 1. The summed E-state index contributed by atoms with van der Waals surface area (Å²) >= 11 is 1.61. The van der Waals surface area contributed by atoms with Gasteiger partial charge in [0.05, 0.1) is 34.8 Å². The SMILES string of the molecule is Cc1ncsc1-c1ccc(C(CO)NC(=O)C2CCCN2)cc1. The number of thiazole rings is 1. The number of nitrogens with zero attached hydrogens (tertiary/aromatic N) is 1. The largest absolute Gasteiger partial charge is 0.394 e. The van der Waals surface area contributed by atoms with E-state index < -0.39 is 0 Å². The van der Waals surface area contributed by atoms with Crippen molar-refractivity contribution in [3.05, 3.63) is 41.0 Å². The van der Waals surface area contributed by atoms with Gasteiger partial charge in [-0.25, -0.2) is 4.98 Å². The third kappa shape index (κ3) is 3.60. The van der Waals surface area contributed by atoms with Crippen molar-refractivity contribution in [1.82, 2.24) is 15.6 Å². The molecular weight excluding hydrogens is 310 g/mol. The number of aliphatic hydroxyl groups excluding tert-OH is 1. The van der Waals surface area contributed by atoms with E-state index in [0.29, 0.717) is 0 Å². The van der Waals surface area contributed by atoms with Crippen molar-refractivity contribution in [3.63, 3.8) is 0 Å². The van der Waals surface area contributed by atoms with E-state index in [1.807, 2.05) is 36.7 Å². The molecule has 23 heavy (non-hydrogen) atoms. The maximum Gasteiger partial charge on any atom is 0.237 e. The van der Waals surface area contributed by atoms with Crippen LogP contribution in [-0.2, 0) is 4.79 Å². The summed E-state index contributed by atoms with van der Waals surface area (Å²) in [6.07, 6.45) is 1.87. The zero-order valence-corrected chi connectivity index (χ0v) is 13.9. The van der Waals surface area contributed by atoms with Crippen molar-refractivity contribution in [2.24, 2.45) is 0 Å². The smallest absolute Gasteiger partial charge is 0.237 e. The normalized spacial score (nSPS) is 18.8. The molecule has 1 aliphatic rings. The quantitative estimate of drug-likeness (QED) is 0.784. The predicted molar refractivity (Wildman–Crippen MR) is 91.3 cm³/mol. The summed E-state index contributed by atoms with van der Waals surface area (Å²) in [4.78, 5) is 17.6. The highest BCUT2D eigenvalue weighted by Gasteiger charge is 2.24. The highest BCUT2D eigenvalue weighted by atomic mass is 32.1. The van der Waals surface area contributed by atoms with Crippen LogP contribution in [0.25, 0.3) is 10.4 Å². The highest BCUT2D eigenvalue weighted by Crippen LogP contribution is 2.28. The summed E-state index contributed by atoms with van der Waals surface area (Å²) in [6.45, 7) is 2.76. The summed E-state index contributed by atoms with van der Waals surface area (Å²) in [7, 11) is 0. The third-order valence-electron chi connectivity index (χ3n) is 4.20. The lowest BCUT2D eigenvalue weighted by molar-refractivity contribution is -0.123. The van der Waals surface area contributed by atoms with E-state index in [0.717, 1.165) is 41.1 Å². The van der Waals surface area contributed by atoms with Crippen LogP contribution < -0.4 is 10.6 Å². The molecule has 1 fully saturated rings. The molecule has 3 rings (SSSR count). The van der Waals surface area contributed by atoms with Crippen LogP contribution in [0.5, 0.6) is 0 Å². The fourth-order valence-electron chi connectivity index (χ4n) is 2.86. The molecule has 2 atom stereocenters. The first-order valence-electron chi connectivity index (χ1n) is 7.84. The van der Waals surface area contributed by atoms with E-state index in [2.05, 4.69) is 15.6 Å². The fourth-order valence-corrected chi connectivity index (χ4v) is 3.67. The van der Waals surface area contributed by atoms with Crippen LogP contribution in [0.2, 0.25) is 0 Å². The molecule has 0 bridgehead atoms. The van der Waals surface area contributed by atoms with Gasteiger partial charge in [0.15, 0.2) is 0 Å². The van der Waals surface area contributed by atoms with E-state index in [4.69, 9.17) is 0 Å². The molecule has 3 N–H and O–H groups in total. The lowest BCUT2D eigenvalue weighted by Crippen LogP contribution is -2.42. The van der Waals surface area contributed by atoms with Crippen molar-refractivity contribution in [2.75, 3.05) is 13.2 Å². The molecule has 2 heterocycles. The lowest BCUT2D eigenvalue weighted by Gasteiger charge is -2.19. The van der Waals surface area contributed by atoms with Crippen LogP contribution in [0, 0.1) is 6.92 Å². The third-order valence-corrected chi connectivity index (χ3v) is 5.17. The lowest BCUT2D eigenvalue weighted by atomic mass is 10.0. The molecule has 2 aromatic rings. The van der Waals surface area contributed by atoms with E-state index in [-0.39, 0.29) is 24.6 Å². The molecule has 0 spiro atoms. The Bertz CT molecular complexity index is 663. The Morgan fingerprint density at radius 3 is 2.83 bits per heavy atom. The fraction of sp³-hybridized carbons (Fsp3) is 0.412. The van der Waals surface area contributed by atoms with Gasteiger partial charge in [0, 0.05) is 0 Å². The summed E-state index contributed by atoms with van der Waals surface area (Å²) in [6, 6.07) is 7.43. The van der Waals surface area contributed by atoms with Crippen LogP contribution in [0.3, 0.4) is 0 Å². The minimum absolute atomic E-state index is 0.0380. The maximum absolute atomic E-state index is 12.2. The van der Waals surface area contributed by atoms with E-state index in [9.17, 15) is 9.90 Å². The number of hydrogen-bond acceptors (Lipinski definition) is 5. The average molecular weight is 331 g/mol. The van der Waals surface area contributed by atoms with Crippen molar-refractivity contribution in [3.8, 4) is 10.4 Å². The van der Waals surface area contributed by atoms with Gasteiger partial charge in [-0.05, 0) is 37.4 Å². The zero-order valence-electron chi connectivity index (χ0n) is 13.1. The molecule has 122 valence electrons. The Labute approximate surface area is 139 Å². The molecule has 5 nitrogen and oxygen atoms in total. The monoisotopic (exact) mass is 331 g/mol. The summed E-state index contributed by atoms with van der Waals surface area (Å²) in [5, 5.41) is 15.7. The molecule has 0 radical (unpaired) electrons. The second-order valence-electron chi connectivity index (χ2n) is 5.78. The molecule has 1 aromatic carbocycles. The topological polar surface area (TPSA) is 74.2 Å². The number of carbonyl (C=O) groups excluding carboxylic acids is 1. The Hall–Kier alpha value is -1.76. The molecule has 0 aliphatic carbocycles. The van der Waals surface area contributed by atoms with Crippen molar-refractivity contribution in [2.45, 2.75) is 31.8 Å². The Balaban J connectivity index is 1.71. The van der Waals surface area contributed by atoms with Gasteiger partial charge in [-0.1, -0.05) is 24.3 Å². The minimum atomic E-state index is -0.374. The van der Waals surface area contributed by atoms with Crippen molar-refractivity contribution < 1.29 is 9.90 Å². The molecular formula is C17H21N3O2S. The summed E-state index contributed by atoms with van der Waals surface area (Å²) < 4.78 is 0. The van der Waals surface area contributed by atoms with Gasteiger partial charge in [-0.15, -0.1) is 11.3 Å². The van der Waals surface area contributed by atoms with Crippen LogP contribution >= 0.6 is 11.3 Å². The van der Waals surface area contributed by atoms with Gasteiger partial charge in [0.1, 0.15) is 0 Å².